The fourth-order valence-corrected chi connectivity index (χ4v) is 5.57. The predicted molar refractivity (Wildman–Crippen MR) is 126 cm³/mol. The van der Waals surface area contributed by atoms with Crippen molar-refractivity contribution in [3.8, 4) is 11.1 Å². The smallest absolute Gasteiger partial charge is 0.407 e. The second-order valence-corrected chi connectivity index (χ2v) is 9.75. The van der Waals surface area contributed by atoms with Crippen molar-refractivity contribution in [3.63, 3.8) is 0 Å². The molecule has 7 nitrogen and oxygen atoms in total. The van der Waals surface area contributed by atoms with Crippen LogP contribution in [0.25, 0.3) is 11.1 Å². The van der Waals surface area contributed by atoms with Gasteiger partial charge in [0.15, 0.2) is 0 Å². The monoisotopic (exact) mass is 462 g/mol. The highest BCUT2D eigenvalue weighted by Gasteiger charge is 2.46. The minimum atomic E-state index is -1.08. The molecule has 34 heavy (non-hydrogen) atoms. The maximum Gasteiger partial charge on any atom is 0.407 e. The van der Waals surface area contributed by atoms with Crippen LogP contribution in [0.1, 0.15) is 62.0 Å². The highest BCUT2D eigenvalue weighted by atomic mass is 16.5. The van der Waals surface area contributed by atoms with Gasteiger partial charge in [0, 0.05) is 17.9 Å². The van der Waals surface area contributed by atoms with E-state index in [2.05, 4.69) is 34.9 Å². The van der Waals surface area contributed by atoms with Crippen molar-refractivity contribution in [1.29, 1.82) is 0 Å². The molecular weight excluding hydrogens is 432 g/mol. The van der Waals surface area contributed by atoms with E-state index in [0.717, 1.165) is 6.42 Å². The lowest BCUT2D eigenvalue weighted by Gasteiger charge is -2.40. The first kappa shape index (κ1) is 22.4. The number of aliphatic carboxylic acids is 1. The average molecular weight is 463 g/mol. The van der Waals surface area contributed by atoms with Crippen LogP contribution < -0.4 is 10.6 Å². The van der Waals surface area contributed by atoms with Crippen molar-refractivity contribution in [2.75, 3.05) is 6.61 Å². The molecule has 5 rings (SSSR count). The van der Waals surface area contributed by atoms with Gasteiger partial charge in [-0.2, -0.15) is 0 Å². The Kier molecular flexibility index (Phi) is 6.02. The molecule has 3 aliphatic rings. The van der Waals surface area contributed by atoms with E-state index in [9.17, 15) is 19.5 Å². The van der Waals surface area contributed by atoms with Gasteiger partial charge in [-0.3, -0.25) is 4.79 Å². The zero-order valence-electron chi connectivity index (χ0n) is 19.1. The first-order chi connectivity index (χ1) is 16.5. The van der Waals surface area contributed by atoms with E-state index >= 15 is 0 Å². The van der Waals surface area contributed by atoms with Crippen molar-refractivity contribution in [2.24, 2.45) is 5.92 Å². The molecule has 0 unspecified atom stereocenters. The van der Waals surface area contributed by atoms with Crippen molar-refractivity contribution in [2.45, 2.75) is 62.4 Å². The van der Waals surface area contributed by atoms with E-state index in [1.54, 1.807) is 0 Å². The summed E-state index contributed by atoms with van der Waals surface area (Å²) in [5.74, 6) is -1.32. The van der Waals surface area contributed by atoms with Crippen LogP contribution in [0, 0.1) is 5.92 Å². The molecule has 0 heterocycles. The lowest BCUT2D eigenvalue weighted by molar-refractivity contribution is -0.152. The molecule has 2 saturated carbocycles. The highest BCUT2D eigenvalue weighted by molar-refractivity contribution is 5.89. The van der Waals surface area contributed by atoms with Crippen LogP contribution >= 0.6 is 0 Å². The van der Waals surface area contributed by atoms with Gasteiger partial charge in [-0.25, -0.2) is 9.59 Å². The van der Waals surface area contributed by atoms with E-state index in [1.165, 1.54) is 22.3 Å². The summed E-state index contributed by atoms with van der Waals surface area (Å²) >= 11 is 0. The molecule has 2 aromatic rings. The first-order valence-corrected chi connectivity index (χ1v) is 12.1. The number of hydrogen-bond donors (Lipinski definition) is 3. The van der Waals surface area contributed by atoms with Gasteiger partial charge in [-0.05, 0) is 67.2 Å². The minimum Gasteiger partial charge on any atom is -0.480 e. The van der Waals surface area contributed by atoms with E-state index < -0.39 is 17.6 Å². The molecule has 3 N–H and O–H groups in total. The average Bonchev–Trinajstić information content (AvgIpc) is 3.14. The molecular formula is C27H30N2O5. The van der Waals surface area contributed by atoms with Gasteiger partial charge in [0.05, 0.1) is 0 Å². The summed E-state index contributed by atoms with van der Waals surface area (Å²) in [5.41, 5.74) is 3.65. The molecule has 0 aliphatic heterocycles. The number of carboxylic acid groups (broad SMARTS) is 1. The molecule has 7 heteroatoms. The molecule has 0 saturated heterocycles. The number of hydrogen-bond acceptors (Lipinski definition) is 4. The number of nitrogens with one attached hydrogen (secondary N) is 2. The van der Waals surface area contributed by atoms with E-state index in [1.807, 2.05) is 24.3 Å². The lowest BCUT2D eigenvalue weighted by Crippen LogP contribution is -2.60. The Morgan fingerprint density at radius 3 is 2.03 bits per heavy atom. The fraction of sp³-hybridized carbons (Fsp3) is 0.444. The summed E-state index contributed by atoms with van der Waals surface area (Å²) in [5, 5.41) is 15.2. The largest absolute Gasteiger partial charge is 0.480 e. The zero-order chi connectivity index (χ0) is 23.7. The third-order valence-electron chi connectivity index (χ3n) is 7.74. The maximum atomic E-state index is 12.6. The van der Waals surface area contributed by atoms with Crippen molar-refractivity contribution < 1.29 is 24.2 Å². The lowest BCUT2D eigenvalue weighted by atomic mass is 9.76. The summed E-state index contributed by atoms with van der Waals surface area (Å²) in [7, 11) is 0. The van der Waals surface area contributed by atoms with E-state index in [0.29, 0.717) is 38.5 Å². The highest BCUT2D eigenvalue weighted by Crippen LogP contribution is 2.44. The van der Waals surface area contributed by atoms with Gasteiger partial charge in [-0.15, -0.1) is 0 Å². The SMILES string of the molecule is O=C(NC1CCC(C(=O)NC2(C(=O)O)CCC2)CC1)OCC1c2ccccc2-c2ccccc21. The molecule has 2 amide bonds. The van der Waals surface area contributed by atoms with Gasteiger partial charge >= 0.3 is 12.1 Å². The summed E-state index contributed by atoms with van der Waals surface area (Å²) in [4.78, 5) is 36.7. The van der Waals surface area contributed by atoms with Crippen LogP contribution in [-0.4, -0.2) is 41.3 Å². The standard InChI is InChI=1S/C27H30N2O5/c30-24(29-27(25(31)32)14-5-15-27)17-10-12-18(13-11-17)28-26(33)34-16-23-21-8-3-1-6-19(21)20-7-2-4-9-22(20)23/h1-4,6-9,17-18,23H,5,10-16H2,(H,28,33)(H,29,30)(H,31,32). The Labute approximate surface area is 198 Å². The normalized spacial score (nSPS) is 22.6. The van der Waals surface area contributed by atoms with Gasteiger partial charge in [0.25, 0.3) is 0 Å². The van der Waals surface area contributed by atoms with E-state index in [-0.39, 0.29) is 30.4 Å². The van der Waals surface area contributed by atoms with Crippen molar-refractivity contribution >= 4 is 18.0 Å². The first-order valence-electron chi connectivity index (χ1n) is 12.1. The Balaban J connectivity index is 1.11. The minimum absolute atomic E-state index is 0.0191. The Morgan fingerprint density at radius 2 is 1.50 bits per heavy atom. The Morgan fingerprint density at radius 1 is 0.912 bits per heavy atom. The molecule has 2 fully saturated rings. The Hall–Kier alpha value is -3.35. The fourth-order valence-electron chi connectivity index (χ4n) is 5.57. The number of fused-ring (bicyclic) bond motifs is 3. The topological polar surface area (TPSA) is 105 Å². The summed E-state index contributed by atoms with van der Waals surface area (Å²) in [6, 6.07) is 16.4. The molecule has 2 aromatic carbocycles. The number of alkyl carbamates (subject to hydrolysis) is 1. The predicted octanol–water partition coefficient (Wildman–Crippen LogP) is 4.21. The second kappa shape index (κ2) is 9.12. The Bertz CT molecular complexity index is 1060. The summed E-state index contributed by atoms with van der Waals surface area (Å²) in [6.07, 6.45) is 3.95. The number of carbonyl (C=O) groups is 3. The van der Waals surface area contributed by atoms with Crippen molar-refractivity contribution in [3.05, 3.63) is 59.7 Å². The van der Waals surface area contributed by atoms with Gasteiger partial charge < -0.3 is 20.5 Å². The van der Waals surface area contributed by atoms with Crippen molar-refractivity contribution in [1.82, 2.24) is 10.6 Å². The van der Waals surface area contributed by atoms with Gasteiger partial charge in [-0.1, -0.05) is 48.5 Å². The van der Waals surface area contributed by atoms with Crippen LogP contribution in [0.2, 0.25) is 0 Å². The molecule has 0 bridgehead atoms. The molecule has 178 valence electrons. The second-order valence-electron chi connectivity index (χ2n) is 9.75. The van der Waals surface area contributed by atoms with Crippen LogP contribution in [0.15, 0.2) is 48.5 Å². The zero-order valence-corrected chi connectivity index (χ0v) is 19.1. The van der Waals surface area contributed by atoms with Crippen LogP contribution in [-0.2, 0) is 14.3 Å². The van der Waals surface area contributed by atoms with Gasteiger partial charge in [0.1, 0.15) is 12.1 Å². The molecule has 0 spiro atoms. The third-order valence-corrected chi connectivity index (χ3v) is 7.74. The molecule has 0 atom stereocenters. The van der Waals surface area contributed by atoms with Crippen LogP contribution in [0.5, 0.6) is 0 Å². The molecule has 0 aromatic heterocycles. The van der Waals surface area contributed by atoms with Gasteiger partial charge in [0.2, 0.25) is 5.91 Å². The molecule has 0 radical (unpaired) electrons. The number of benzene rings is 2. The maximum absolute atomic E-state index is 12.6. The number of rotatable bonds is 6. The quantitative estimate of drug-likeness (QED) is 0.597. The summed E-state index contributed by atoms with van der Waals surface area (Å²) < 4.78 is 5.64. The number of amides is 2. The van der Waals surface area contributed by atoms with E-state index in [4.69, 9.17) is 4.74 Å². The number of ether oxygens (including phenoxy) is 1. The molecule has 3 aliphatic carbocycles. The van der Waals surface area contributed by atoms with Crippen LogP contribution in [0.4, 0.5) is 4.79 Å². The number of carboxylic acids is 1. The third kappa shape index (κ3) is 4.15. The summed E-state index contributed by atoms with van der Waals surface area (Å²) in [6.45, 7) is 0.273. The number of carbonyl (C=O) groups excluding carboxylic acids is 2. The van der Waals surface area contributed by atoms with Crippen LogP contribution in [0.3, 0.4) is 0 Å².